The number of anilines is 2. The Morgan fingerprint density at radius 3 is 2.45 bits per heavy atom. The van der Waals surface area contributed by atoms with Crippen LogP contribution in [0.15, 0.2) is 0 Å². The summed E-state index contributed by atoms with van der Waals surface area (Å²) in [4.78, 5) is 40.9. The van der Waals surface area contributed by atoms with Crippen LogP contribution in [0.25, 0.3) is 0 Å². The summed E-state index contributed by atoms with van der Waals surface area (Å²) in [5.41, 5.74) is 1.72. The maximum Gasteiger partial charge on any atom is 0.325 e. The molecule has 8 nitrogen and oxygen atoms in total. The molecule has 0 saturated carbocycles. The van der Waals surface area contributed by atoms with Crippen molar-refractivity contribution >= 4 is 23.7 Å². The van der Waals surface area contributed by atoms with Crippen LogP contribution in [0.4, 0.5) is 16.6 Å². The Balaban J connectivity index is 1.61. The van der Waals surface area contributed by atoms with Gasteiger partial charge < -0.3 is 14.7 Å². The second kappa shape index (κ2) is 7.46. The maximum absolute atomic E-state index is 12.7. The van der Waals surface area contributed by atoms with Crippen LogP contribution in [-0.4, -0.2) is 66.1 Å². The number of carbonyl (C=O) groups excluding carboxylic acids is 2. The fourth-order valence-electron chi connectivity index (χ4n) is 4.83. The molecule has 1 aromatic heterocycles. The van der Waals surface area contributed by atoms with Crippen molar-refractivity contribution in [1.29, 1.82) is 0 Å². The van der Waals surface area contributed by atoms with E-state index in [0.717, 1.165) is 24.6 Å². The van der Waals surface area contributed by atoms with Gasteiger partial charge in [-0.1, -0.05) is 13.8 Å². The zero-order chi connectivity index (χ0) is 20.8. The summed E-state index contributed by atoms with van der Waals surface area (Å²) >= 11 is 0. The minimum absolute atomic E-state index is 0.138. The van der Waals surface area contributed by atoms with E-state index < -0.39 is 5.54 Å². The van der Waals surface area contributed by atoms with Crippen LogP contribution in [-0.2, 0) is 17.6 Å². The van der Waals surface area contributed by atoms with E-state index in [9.17, 15) is 9.59 Å². The van der Waals surface area contributed by atoms with E-state index in [1.807, 2.05) is 19.0 Å². The van der Waals surface area contributed by atoms with Gasteiger partial charge >= 0.3 is 6.03 Å². The van der Waals surface area contributed by atoms with Crippen molar-refractivity contribution in [3.05, 3.63) is 11.3 Å². The van der Waals surface area contributed by atoms with Gasteiger partial charge in [0, 0.05) is 39.3 Å². The Hall–Kier alpha value is -2.38. The zero-order valence-electron chi connectivity index (χ0n) is 18.0. The third kappa shape index (κ3) is 3.42. The van der Waals surface area contributed by atoms with Gasteiger partial charge in [-0.05, 0) is 44.4 Å². The third-order valence-corrected chi connectivity index (χ3v) is 6.39. The van der Waals surface area contributed by atoms with E-state index in [1.54, 1.807) is 4.90 Å². The molecule has 0 radical (unpaired) electrons. The Bertz CT molecular complexity index is 814. The largest absolute Gasteiger partial charge is 0.356 e. The quantitative estimate of drug-likeness (QED) is 0.778. The van der Waals surface area contributed by atoms with Crippen LogP contribution in [0.2, 0.25) is 0 Å². The Morgan fingerprint density at radius 1 is 1.10 bits per heavy atom. The molecule has 3 heterocycles. The van der Waals surface area contributed by atoms with Crippen molar-refractivity contribution in [3.8, 4) is 0 Å². The van der Waals surface area contributed by atoms with Gasteiger partial charge in [-0.25, -0.2) is 9.78 Å². The number of nitrogens with one attached hydrogen (secondary N) is 1. The third-order valence-electron chi connectivity index (χ3n) is 6.39. The maximum atomic E-state index is 12.7. The van der Waals surface area contributed by atoms with Crippen molar-refractivity contribution < 1.29 is 9.59 Å². The van der Waals surface area contributed by atoms with Gasteiger partial charge in [0.15, 0.2) is 0 Å². The van der Waals surface area contributed by atoms with E-state index in [0.29, 0.717) is 38.4 Å². The lowest BCUT2D eigenvalue weighted by atomic mass is 9.85. The first-order valence-corrected chi connectivity index (χ1v) is 10.8. The number of imide groups is 1. The number of urea groups is 1. The van der Waals surface area contributed by atoms with Crippen molar-refractivity contribution in [3.63, 3.8) is 0 Å². The zero-order valence-corrected chi connectivity index (χ0v) is 18.0. The van der Waals surface area contributed by atoms with Crippen molar-refractivity contribution in [2.45, 2.75) is 57.9 Å². The number of aromatic nitrogens is 2. The second-order valence-electron chi connectivity index (χ2n) is 9.16. The number of aryl methyl sites for hydroxylation is 1. The Morgan fingerprint density at radius 2 is 1.79 bits per heavy atom. The minimum atomic E-state index is -0.713. The molecule has 2 aliphatic heterocycles. The smallest absolute Gasteiger partial charge is 0.325 e. The molecule has 1 aromatic rings. The lowest BCUT2D eigenvalue weighted by Crippen LogP contribution is -2.57. The summed E-state index contributed by atoms with van der Waals surface area (Å²) in [7, 11) is 3.94. The predicted molar refractivity (Wildman–Crippen MR) is 112 cm³/mol. The Labute approximate surface area is 172 Å². The molecule has 2 saturated heterocycles. The highest BCUT2D eigenvalue weighted by Gasteiger charge is 2.54. The van der Waals surface area contributed by atoms with Crippen LogP contribution < -0.4 is 15.1 Å². The van der Waals surface area contributed by atoms with Crippen LogP contribution >= 0.6 is 0 Å². The first-order valence-electron chi connectivity index (χ1n) is 10.8. The minimum Gasteiger partial charge on any atom is -0.356 e. The van der Waals surface area contributed by atoms with Crippen molar-refractivity contribution in [1.82, 2.24) is 20.2 Å². The van der Waals surface area contributed by atoms with Gasteiger partial charge in [0.25, 0.3) is 5.91 Å². The molecule has 1 spiro atoms. The van der Waals surface area contributed by atoms with Gasteiger partial charge in [-0.2, -0.15) is 4.98 Å². The molecular formula is C21H32N6O2. The molecule has 0 aromatic carbocycles. The summed E-state index contributed by atoms with van der Waals surface area (Å²) in [6.45, 7) is 6.19. The molecule has 0 bridgehead atoms. The van der Waals surface area contributed by atoms with Gasteiger partial charge in [-0.15, -0.1) is 0 Å². The molecule has 0 atom stereocenters. The average Bonchev–Trinajstić information content (AvgIpc) is 2.91. The van der Waals surface area contributed by atoms with E-state index >= 15 is 0 Å². The highest BCUT2D eigenvalue weighted by atomic mass is 16.2. The highest BCUT2D eigenvalue weighted by Crippen LogP contribution is 2.37. The molecule has 3 aliphatic rings. The second-order valence-corrected chi connectivity index (χ2v) is 9.16. The summed E-state index contributed by atoms with van der Waals surface area (Å²) in [5.74, 6) is 1.95. The van der Waals surface area contributed by atoms with E-state index in [-0.39, 0.29) is 11.9 Å². The molecule has 158 valence electrons. The number of fused-ring (bicyclic) bond motifs is 1. The van der Waals surface area contributed by atoms with Crippen LogP contribution in [0.5, 0.6) is 0 Å². The molecule has 1 aliphatic carbocycles. The average molecular weight is 401 g/mol. The molecule has 3 amide bonds. The fourth-order valence-corrected chi connectivity index (χ4v) is 4.83. The van der Waals surface area contributed by atoms with Gasteiger partial charge in [0.2, 0.25) is 5.95 Å². The van der Waals surface area contributed by atoms with Crippen LogP contribution in [0, 0.1) is 5.92 Å². The standard InChI is InChI=1S/C21H32N6O2/c1-14(2)13-27-20(29)24-18(28)21(27)9-11-26(12-10-21)17-15-7-5-6-8-16(15)22-19(23-17)25(3)4/h14H,5-13H2,1-4H3,(H,24,28,29). The highest BCUT2D eigenvalue weighted by molar-refractivity contribution is 6.07. The van der Waals surface area contributed by atoms with Crippen molar-refractivity contribution in [2.75, 3.05) is 43.5 Å². The van der Waals surface area contributed by atoms with Gasteiger partial charge in [-0.3, -0.25) is 10.1 Å². The number of rotatable bonds is 4. The first kappa shape index (κ1) is 19.9. The summed E-state index contributed by atoms with van der Waals surface area (Å²) in [5, 5.41) is 2.56. The summed E-state index contributed by atoms with van der Waals surface area (Å²) in [6.07, 6.45) is 5.62. The topological polar surface area (TPSA) is 81.7 Å². The number of hydrogen-bond donors (Lipinski definition) is 1. The lowest BCUT2D eigenvalue weighted by Gasteiger charge is -2.43. The number of piperidine rings is 1. The van der Waals surface area contributed by atoms with E-state index in [4.69, 9.17) is 9.97 Å². The SMILES string of the molecule is CC(C)CN1C(=O)NC(=O)C12CCN(c1nc(N(C)C)nc3c1CCCC3)CC2. The predicted octanol–water partition coefficient (Wildman–Crippen LogP) is 1.97. The molecular weight excluding hydrogens is 368 g/mol. The van der Waals surface area contributed by atoms with Crippen molar-refractivity contribution in [2.24, 2.45) is 5.92 Å². The molecule has 2 fully saturated rings. The lowest BCUT2D eigenvalue weighted by molar-refractivity contribution is -0.127. The molecule has 0 unspecified atom stereocenters. The van der Waals surface area contributed by atoms with E-state index in [1.165, 1.54) is 24.1 Å². The number of nitrogens with zero attached hydrogens (tertiary/aromatic N) is 5. The molecule has 8 heteroatoms. The number of carbonyl (C=O) groups is 2. The monoisotopic (exact) mass is 400 g/mol. The number of hydrogen-bond acceptors (Lipinski definition) is 6. The number of amides is 3. The normalized spacial score (nSPS) is 21.0. The van der Waals surface area contributed by atoms with E-state index in [2.05, 4.69) is 24.1 Å². The van der Waals surface area contributed by atoms with Crippen LogP contribution in [0.1, 0.15) is 50.8 Å². The molecule has 4 rings (SSSR count). The molecule has 1 N–H and O–H groups in total. The first-order chi connectivity index (χ1) is 13.8. The Kier molecular flexibility index (Phi) is 5.12. The van der Waals surface area contributed by atoms with Gasteiger partial charge in [0.05, 0.1) is 5.69 Å². The summed E-state index contributed by atoms with van der Waals surface area (Å²) in [6, 6.07) is -0.244. The van der Waals surface area contributed by atoms with Crippen LogP contribution in [0.3, 0.4) is 0 Å². The van der Waals surface area contributed by atoms with Gasteiger partial charge in [0.1, 0.15) is 11.4 Å². The molecule has 29 heavy (non-hydrogen) atoms. The fraction of sp³-hybridized carbons (Fsp3) is 0.714. The summed E-state index contributed by atoms with van der Waals surface area (Å²) < 4.78 is 0.